The summed E-state index contributed by atoms with van der Waals surface area (Å²) in [6.07, 6.45) is -0.403. The summed E-state index contributed by atoms with van der Waals surface area (Å²) >= 11 is 1.04. The SMILES string of the molecule is [N-]=[N+]=Nc1ccc(C(=O)CSC[C@H](NC(=O)CC[C@H](N)C(=O)O)C(=O)NCC(=O)O)cc1. The number of aliphatic carboxylic acids is 2. The van der Waals surface area contributed by atoms with Gasteiger partial charge in [0.2, 0.25) is 11.8 Å². The predicted molar refractivity (Wildman–Crippen MR) is 114 cm³/mol. The lowest BCUT2D eigenvalue weighted by Crippen LogP contribution is -2.49. The second-order valence-electron chi connectivity index (χ2n) is 6.39. The smallest absolute Gasteiger partial charge is 0.322 e. The van der Waals surface area contributed by atoms with Crippen molar-refractivity contribution < 1.29 is 34.2 Å². The fourth-order valence-electron chi connectivity index (χ4n) is 2.26. The molecule has 0 saturated carbocycles. The number of nitrogens with zero attached hydrogens (tertiary/aromatic N) is 3. The van der Waals surface area contributed by atoms with Crippen LogP contribution < -0.4 is 16.4 Å². The highest BCUT2D eigenvalue weighted by Crippen LogP contribution is 2.15. The zero-order chi connectivity index (χ0) is 24.1. The van der Waals surface area contributed by atoms with Crippen molar-refractivity contribution in [1.29, 1.82) is 0 Å². The first-order valence-corrected chi connectivity index (χ1v) is 10.3. The summed E-state index contributed by atoms with van der Waals surface area (Å²) in [4.78, 5) is 60.6. The van der Waals surface area contributed by atoms with E-state index >= 15 is 0 Å². The Morgan fingerprint density at radius 1 is 1.16 bits per heavy atom. The summed E-state index contributed by atoms with van der Waals surface area (Å²) in [5.74, 6) is -4.29. The van der Waals surface area contributed by atoms with Crippen molar-refractivity contribution in [3.63, 3.8) is 0 Å². The number of nitrogens with one attached hydrogen (secondary N) is 2. The molecular formula is C18H22N6O7S. The van der Waals surface area contributed by atoms with Crippen molar-refractivity contribution in [1.82, 2.24) is 10.6 Å². The average molecular weight is 466 g/mol. The molecule has 0 aliphatic carbocycles. The molecule has 6 N–H and O–H groups in total. The second kappa shape index (κ2) is 13.6. The summed E-state index contributed by atoms with van der Waals surface area (Å²) < 4.78 is 0. The Morgan fingerprint density at radius 2 is 1.81 bits per heavy atom. The van der Waals surface area contributed by atoms with Gasteiger partial charge in [-0.1, -0.05) is 29.4 Å². The molecule has 1 rings (SSSR count). The van der Waals surface area contributed by atoms with Crippen LogP contribution in [0.3, 0.4) is 0 Å². The van der Waals surface area contributed by atoms with E-state index in [1.807, 2.05) is 0 Å². The molecule has 2 atom stereocenters. The number of benzene rings is 1. The summed E-state index contributed by atoms with van der Waals surface area (Å²) in [7, 11) is 0. The third-order valence-corrected chi connectivity index (χ3v) is 4.97. The standard InChI is InChI=1S/C18H22N6O7S/c19-12(18(30)31)5-6-15(26)22-13(17(29)21-7-16(27)28)8-32-9-14(25)10-1-3-11(4-2-10)23-24-20/h1-4,12-13H,5-9,19H2,(H,21,29)(H,22,26)(H,27,28)(H,30,31)/t12-,13-/m0/s1. The third kappa shape index (κ3) is 9.93. The number of Topliss-reactive ketones (excluding diaryl/α,β-unsaturated/α-hetero) is 1. The number of azide groups is 1. The lowest BCUT2D eigenvalue weighted by atomic mass is 10.1. The number of rotatable bonds is 14. The van der Waals surface area contributed by atoms with Crippen LogP contribution in [0.15, 0.2) is 29.4 Å². The van der Waals surface area contributed by atoms with Gasteiger partial charge in [-0.05, 0) is 12.0 Å². The number of amides is 2. The average Bonchev–Trinajstić information content (AvgIpc) is 2.75. The van der Waals surface area contributed by atoms with Crippen LogP contribution in [0.25, 0.3) is 10.4 Å². The van der Waals surface area contributed by atoms with E-state index < -0.39 is 42.4 Å². The summed E-state index contributed by atoms with van der Waals surface area (Å²) in [6.45, 7) is -0.657. The van der Waals surface area contributed by atoms with E-state index in [2.05, 4.69) is 20.7 Å². The molecule has 0 radical (unpaired) electrons. The lowest BCUT2D eigenvalue weighted by Gasteiger charge is -2.18. The highest BCUT2D eigenvalue weighted by atomic mass is 32.2. The highest BCUT2D eigenvalue weighted by molar-refractivity contribution is 8.00. The number of carbonyl (C=O) groups is 5. The largest absolute Gasteiger partial charge is 0.480 e. The molecule has 2 amide bonds. The van der Waals surface area contributed by atoms with Crippen LogP contribution in [0.2, 0.25) is 0 Å². The lowest BCUT2D eigenvalue weighted by molar-refractivity contribution is -0.139. The van der Waals surface area contributed by atoms with Crippen molar-refractivity contribution in [2.24, 2.45) is 10.8 Å². The number of hydrogen-bond donors (Lipinski definition) is 5. The van der Waals surface area contributed by atoms with Gasteiger partial charge in [0.1, 0.15) is 18.6 Å². The van der Waals surface area contributed by atoms with Gasteiger partial charge in [0, 0.05) is 28.3 Å². The molecular weight excluding hydrogens is 444 g/mol. The van der Waals surface area contributed by atoms with Gasteiger partial charge < -0.3 is 26.6 Å². The van der Waals surface area contributed by atoms with E-state index in [0.29, 0.717) is 11.3 Å². The zero-order valence-corrected chi connectivity index (χ0v) is 17.6. The number of ketones is 1. The van der Waals surface area contributed by atoms with Gasteiger partial charge in [-0.2, -0.15) is 11.8 Å². The molecule has 172 valence electrons. The van der Waals surface area contributed by atoms with Crippen molar-refractivity contribution in [3.8, 4) is 0 Å². The molecule has 1 aromatic rings. The van der Waals surface area contributed by atoms with Crippen LogP contribution in [-0.2, 0) is 19.2 Å². The number of thioether (sulfide) groups is 1. The number of nitrogens with two attached hydrogens (primary N) is 1. The van der Waals surface area contributed by atoms with Crippen LogP contribution in [-0.4, -0.2) is 69.9 Å². The van der Waals surface area contributed by atoms with Crippen LogP contribution in [0, 0.1) is 0 Å². The topological polar surface area (TPSA) is 225 Å². The van der Waals surface area contributed by atoms with E-state index in [4.69, 9.17) is 21.5 Å². The van der Waals surface area contributed by atoms with Gasteiger partial charge in [0.05, 0.1) is 5.75 Å². The Morgan fingerprint density at radius 3 is 2.38 bits per heavy atom. The van der Waals surface area contributed by atoms with Gasteiger partial charge in [0.15, 0.2) is 5.78 Å². The molecule has 32 heavy (non-hydrogen) atoms. The molecule has 1 aromatic carbocycles. The van der Waals surface area contributed by atoms with Gasteiger partial charge in [-0.25, -0.2) is 0 Å². The second-order valence-corrected chi connectivity index (χ2v) is 7.42. The minimum atomic E-state index is -1.28. The normalized spacial score (nSPS) is 12.0. The maximum absolute atomic E-state index is 12.3. The molecule has 0 spiro atoms. The van der Waals surface area contributed by atoms with Crippen molar-refractivity contribution in [2.45, 2.75) is 24.9 Å². The number of hydrogen-bond acceptors (Lipinski definition) is 8. The number of carboxylic acid groups (broad SMARTS) is 2. The summed E-state index contributed by atoms with van der Waals surface area (Å²) in [6, 6.07) is 3.53. The van der Waals surface area contributed by atoms with Gasteiger partial charge in [-0.3, -0.25) is 24.0 Å². The molecule has 0 saturated heterocycles. The Balaban J connectivity index is 2.67. The van der Waals surface area contributed by atoms with Crippen LogP contribution in [0.5, 0.6) is 0 Å². The van der Waals surface area contributed by atoms with E-state index in [0.717, 1.165) is 11.8 Å². The predicted octanol–water partition coefficient (Wildman–Crippen LogP) is 0.422. The quantitative estimate of drug-likeness (QED) is 0.111. The van der Waals surface area contributed by atoms with Gasteiger partial charge in [0.25, 0.3) is 0 Å². The minimum absolute atomic E-state index is 0.0370. The molecule has 14 heteroatoms. The monoisotopic (exact) mass is 466 g/mol. The Labute approximate surface area is 186 Å². The first-order valence-electron chi connectivity index (χ1n) is 9.17. The van der Waals surface area contributed by atoms with Crippen molar-refractivity contribution in [2.75, 3.05) is 18.1 Å². The van der Waals surface area contributed by atoms with E-state index in [1.54, 1.807) is 0 Å². The fourth-order valence-corrected chi connectivity index (χ4v) is 3.20. The Bertz CT molecular complexity index is 902. The Hall–Kier alpha value is -3.61. The van der Waals surface area contributed by atoms with Crippen LogP contribution in [0.4, 0.5) is 5.69 Å². The first-order chi connectivity index (χ1) is 15.1. The van der Waals surface area contributed by atoms with Crippen molar-refractivity contribution >= 4 is 47.0 Å². The highest BCUT2D eigenvalue weighted by Gasteiger charge is 2.23. The molecule has 13 nitrogen and oxygen atoms in total. The number of carbonyl (C=O) groups excluding carboxylic acids is 3. The summed E-state index contributed by atoms with van der Waals surface area (Å²) in [5.41, 5.74) is 14.4. The van der Waals surface area contributed by atoms with Crippen LogP contribution >= 0.6 is 11.8 Å². The van der Waals surface area contributed by atoms with Crippen molar-refractivity contribution in [3.05, 3.63) is 40.3 Å². The number of carboxylic acids is 2. The maximum Gasteiger partial charge on any atom is 0.322 e. The maximum atomic E-state index is 12.3. The minimum Gasteiger partial charge on any atom is -0.480 e. The molecule has 0 aliphatic heterocycles. The van der Waals surface area contributed by atoms with Gasteiger partial charge in [-0.15, -0.1) is 0 Å². The first kappa shape index (κ1) is 26.4. The Kier molecular flexibility index (Phi) is 11.3. The van der Waals surface area contributed by atoms with E-state index in [-0.39, 0.29) is 30.1 Å². The molecule has 0 unspecified atom stereocenters. The third-order valence-electron chi connectivity index (χ3n) is 3.93. The van der Waals surface area contributed by atoms with Crippen LogP contribution in [0.1, 0.15) is 23.2 Å². The molecule has 0 fully saturated rings. The molecule has 0 heterocycles. The summed E-state index contributed by atoms with van der Waals surface area (Å²) in [5, 5.41) is 25.4. The molecule has 0 bridgehead atoms. The van der Waals surface area contributed by atoms with E-state index in [1.165, 1.54) is 24.3 Å². The fraction of sp³-hybridized carbons (Fsp3) is 0.389. The van der Waals surface area contributed by atoms with E-state index in [9.17, 15) is 24.0 Å². The molecule has 0 aliphatic rings. The van der Waals surface area contributed by atoms with Gasteiger partial charge >= 0.3 is 11.9 Å². The zero-order valence-electron chi connectivity index (χ0n) is 16.8. The molecule has 0 aromatic heterocycles.